The van der Waals surface area contributed by atoms with E-state index in [1.165, 1.54) is 6.07 Å². The van der Waals surface area contributed by atoms with Gasteiger partial charge in [-0.1, -0.05) is 24.3 Å². The molecule has 2 N–H and O–H groups in total. The summed E-state index contributed by atoms with van der Waals surface area (Å²) in [6.45, 7) is 3.96. The van der Waals surface area contributed by atoms with E-state index >= 15 is 0 Å². The zero-order valence-electron chi connectivity index (χ0n) is 15.5. The van der Waals surface area contributed by atoms with E-state index in [0.29, 0.717) is 31.2 Å². The van der Waals surface area contributed by atoms with Crippen molar-refractivity contribution in [2.45, 2.75) is 26.6 Å². The summed E-state index contributed by atoms with van der Waals surface area (Å²) in [6, 6.07) is 12.9. The number of benzene rings is 2. The lowest BCUT2D eigenvalue weighted by Gasteiger charge is -2.15. The zero-order chi connectivity index (χ0) is 18.8. The fourth-order valence-electron chi connectivity index (χ4n) is 2.54. The second-order valence-electron chi connectivity index (χ2n) is 5.68. The molecule has 140 valence electrons. The van der Waals surface area contributed by atoms with Crippen molar-refractivity contribution in [2.24, 2.45) is 4.99 Å². The van der Waals surface area contributed by atoms with Crippen LogP contribution in [0.4, 0.5) is 4.39 Å². The van der Waals surface area contributed by atoms with Gasteiger partial charge in [0, 0.05) is 38.4 Å². The van der Waals surface area contributed by atoms with Gasteiger partial charge in [0.05, 0.1) is 13.2 Å². The molecule has 0 saturated heterocycles. The molecule has 6 heteroatoms. The number of halogens is 1. The summed E-state index contributed by atoms with van der Waals surface area (Å²) in [6.07, 6.45) is 0. The van der Waals surface area contributed by atoms with Gasteiger partial charge in [0.2, 0.25) is 0 Å². The smallest absolute Gasteiger partial charge is 0.191 e. The predicted octanol–water partition coefficient (Wildman–Crippen LogP) is 3.24. The Bertz CT molecular complexity index is 735. The summed E-state index contributed by atoms with van der Waals surface area (Å²) in [5.41, 5.74) is 2.55. The standard InChI is InChI=1S/C20H26FN3O2/c1-4-26-19-8-6-5-7-16(19)13-24-20(22-2)23-12-15-9-10-18(21)17(11-15)14-25-3/h5-11H,4,12-14H2,1-3H3,(H2,22,23,24). The number of ether oxygens (including phenoxy) is 2. The summed E-state index contributed by atoms with van der Waals surface area (Å²) in [7, 11) is 3.26. The number of hydrogen-bond acceptors (Lipinski definition) is 3. The zero-order valence-corrected chi connectivity index (χ0v) is 15.5. The molecule has 0 atom stereocenters. The van der Waals surface area contributed by atoms with Gasteiger partial charge in [0.25, 0.3) is 0 Å². The van der Waals surface area contributed by atoms with Crippen molar-refractivity contribution in [1.29, 1.82) is 0 Å². The number of guanidine groups is 1. The first-order valence-electron chi connectivity index (χ1n) is 8.59. The molecule has 26 heavy (non-hydrogen) atoms. The number of nitrogens with one attached hydrogen (secondary N) is 2. The second-order valence-corrected chi connectivity index (χ2v) is 5.68. The van der Waals surface area contributed by atoms with E-state index in [1.54, 1.807) is 26.3 Å². The third kappa shape index (κ3) is 5.74. The molecule has 0 saturated carbocycles. The second kappa shape index (κ2) is 10.4. The molecule has 0 radical (unpaired) electrons. The molecule has 0 fully saturated rings. The van der Waals surface area contributed by atoms with Crippen LogP contribution in [0.5, 0.6) is 5.75 Å². The number of methoxy groups -OCH3 is 1. The highest BCUT2D eigenvalue weighted by Gasteiger charge is 2.06. The molecule has 0 aliphatic rings. The molecule has 0 bridgehead atoms. The molecule has 2 aromatic carbocycles. The molecule has 0 aromatic heterocycles. The average Bonchev–Trinajstić information content (AvgIpc) is 2.66. The van der Waals surface area contributed by atoms with Crippen LogP contribution >= 0.6 is 0 Å². The maximum atomic E-state index is 13.7. The van der Waals surface area contributed by atoms with Gasteiger partial charge in [0.1, 0.15) is 11.6 Å². The van der Waals surface area contributed by atoms with Crippen LogP contribution in [0.3, 0.4) is 0 Å². The average molecular weight is 359 g/mol. The van der Waals surface area contributed by atoms with Gasteiger partial charge in [-0.15, -0.1) is 0 Å². The molecule has 0 spiro atoms. The normalized spacial score (nSPS) is 11.3. The minimum absolute atomic E-state index is 0.251. The Balaban J connectivity index is 1.93. The van der Waals surface area contributed by atoms with Gasteiger partial charge in [0.15, 0.2) is 5.96 Å². The Morgan fingerprint density at radius 3 is 2.58 bits per heavy atom. The van der Waals surface area contributed by atoms with Gasteiger partial charge in [-0.2, -0.15) is 0 Å². The summed E-state index contributed by atoms with van der Waals surface area (Å²) in [4.78, 5) is 4.22. The molecule has 5 nitrogen and oxygen atoms in total. The van der Waals surface area contributed by atoms with Crippen molar-refractivity contribution < 1.29 is 13.9 Å². The Kier molecular flexibility index (Phi) is 7.89. The third-order valence-corrected chi connectivity index (χ3v) is 3.81. The Labute approximate surface area is 154 Å². The van der Waals surface area contributed by atoms with Crippen molar-refractivity contribution in [3.05, 3.63) is 65.0 Å². The largest absolute Gasteiger partial charge is 0.494 e. The Morgan fingerprint density at radius 2 is 1.85 bits per heavy atom. The Hall–Kier alpha value is -2.60. The van der Waals surface area contributed by atoms with Gasteiger partial charge in [-0.3, -0.25) is 4.99 Å². The fourth-order valence-corrected chi connectivity index (χ4v) is 2.54. The summed E-state index contributed by atoms with van der Waals surface area (Å²) < 4.78 is 24.3. The van der Waals surface area contributed by atoms with E-state index in [1.807, 2.05) is 31.2 Å². The summed E-state index contributed by atoms with van der Waals surface area (Å²) >= 11 is 0. The SMILES string of the molecule is CCOc1ccccc1CNC(=NC)NCc1ccc(F)c(COC)c1. The Morgan fingerprint density at radius 1 is 1.08 bits per heavy atom. The fraction of sp³-hybridized carbons (Fsp3) is 0.350. The van der Waals surface area contributed by atoms with Crippen LogP contribution in [0.1, 0.15) is 23.6 Å². The highest BCUT2D eigenvalue weighted by molar-refractivity contribution is 5.79. The predicted molar refractivity (Wildman–Crippen MR) is 102 cm³/mol. The molecular formula is C20H26FN3O2. The van der Waals surface area contributed by atoms with Crippen LogP contribution in [-0.2, 0) is 24.4 Å². The monoisotopic (exact) mass is 359 g/mol. The van der Waals surface area contributed by atoms with E-state index in [9.17, 15) is 4.39 Å². The molecule has 0 amide bonds. The van der Waals surface area contributed by atoms with Crippen molar-refractivity contribution in [2.75, 3.05) is 20.8 Å². The van der Waals surface area contributed by atoms with E-state index in [-0.39, 0.29) is 12.4 Å². The lowest BCUT2D eigenvalue weighted by molar-refractivity contribution is 0.181. The maximum Gasteiger partial charge on any atom is 0.191 e. The molecule has 0 unspecified atom stereocenters. The summed E-state index contributed by atoms with van der Waals surface area (Å²) in [5, 5.41) is 6.50. The van der Waals surface area contributed by atoms with Crippen molar-refractivity contribution in [3.8, 4) is 5.75 Å². The first-order valence-corrected chi connectivity index (χ1v) is 8.59. The van der Waals surface area contributed by atoms with Crippen LogP contribution < -0.4 is 15.4 Å². The number of nitrogens with zero attached hydrogens (tertiary/aromatic N) is 1. The van der Waals surface area contributed by atoms with Crippen molar-refractivity contribution >= 4 is 5.96 Å². The van der Waals surface area contributed by atoms with Crippen LogP contribution in [0, 0.1) is 5.82 Å². The van der Waals surface area contributed by atoms with Crippen LogP contribution in [0.15, 0.2) is 47.5 Å². The lowest BCUT2D eigenvalue weighted by atomic mass is 10.1. The minimum Gasteiger partial charge on any atom is -0.494 e. The van der Waals surface area contributed by atoms with Crippen molar-refractivity contribution in [1.82, 2.24) is 10.6 Å². The van der Waals surface area contributed by atoms with E-state index in [2.05, 4.69) is 15.6 Å². The van der Waals surface area contributed by atoms with Crippen LogP contribution in [0.2, 0.25) is 0 Å². The van der Waals surface area contributed by atoms with Crippen LogP contribution in [0.25, 0.3) is 0 Å². The first-order chi connectivity index (χ1) is 12.7. The summed E-state index contributed by atoms with van der Waals surface area (Å²) in [5.74, 6) is 1.26. The number of rotatable bonds is 8. The minimum atomic E-state index is -0.259. The molecule has 0 heterocycles. The van der Waals surface area contributed by atoms with E-state index in [0.717, 1.165) is 16.9 Å². The van der Waals surface area contributed by atoms with Gasteiger partial charge in [-0.05, 0) is 30.7 Å². The van der Waals surface area contributed by atoms with Gasteiger partial charge < -0.3 is 20.1 Å². The maximum absolute atomic E-state index is 13.7. The van der Waals surface area contributed by atoms with Crippen LogP contribution in [-0.4, -0.2) is 26.7 Å². The lowest BCUT2D eigenvalue weighted by Crippen LogP contribution is -2.36. The number of para-hydroxylation sites is 1. The van der Waals surface area contributed by atoms with Gasteiger partial charge in [-0.25, -0.2) is 4.39 Å². The molecule has 0 aliphatic carbocycles. The highest BCUT2D eigenvalue weighted by Crippen LogP contribution is 2.17. The van der Waals surface area contributed by atoms with E-state index < -0.39 is 0 Å². The topological polar surface area (TPSA) is 54.9 Å². The molecule has 2 rings (SSSR count). The molecular weight excluding hydrogens is 333 g/mol. The first kappa shape index (κ1) is 19.7. The number of aliphatic imine (C=N–C) groups is 1. The number of hydrogen-bond donors (Lipinski definition) is 2. The van der Waals surface area contributed by atoms with Crippen molar-refractivity contribution in [3.63, 3.8) is 0 Å². The molecule has 0 aliphatic heterocycles. The quantitative estimate of drug-likeness (QED) is 0.561. The van der Waals surface area contributed by atoms with E-state index in [4.69, 9.17) is 9.47 Å². The highest BCUT2D eigenvalue weighted by atomic mass is 19.1. The third-order valence-electron chi connectivity index (χ3n) is 3.81. The molecule has 2 aromatic rings. The van der Waals surface area contributed by atoms with Gasteiger partial charge >= 0.3 is 0 Å².